The van der Waals surface area contributed by atoms with E-state index in [0.29, 0.717) is 23.5 Å². The molecule has 0 fully saturated rings. The average Bonchev–Trinajstić information content (AvgIpc) is 1.70. The first-order chi connectivity index (χ1) is 48.6. The molecule has 4 aliphatic heterocycles. The SMILES string of the molecule is CC(=O)N1C=CN(C(=O)C(F)(F)F)C1c1ccc(N(c2ccc(-c3ccc(N(c4ccc(C5N(C(=O)C(F)(F)F)C=CN5C(=O)C(F)(F)F)cc4)c4ccc(C5N(C(=O)C(F)(F)F)C=CN5C(=O)C(F)(F)F)c(C)c4)cc3)cc2)c2ccc(C3N(C(=O)C(F)(F)F)C=CN3C(=O)C(F)(F)F)cc2)cc1C. The lowest BCUT2D eigenvalue weighted by atomic mass is 10.0. The number of rotatable bonds is 11. The number of carbonyl (C=O) groups is 8. The van der Waals surface area contributed by atoms with E-state index >= 15 is 0 Å². The zero-order valence-corrected chi connectivity index (χ0v) is 52.8. The minimum absolute atomic E-state index is 0.00725. The Hall–Kier alpha value is -11.8. The van der Waals surface area contributed by atoms with Crippen LogP contribution in [0, 0.1) is 13.8 Å². The number of anilines is 6. The van der Waals surface area contributed by atoms with E-state index in [1.54, 1.807) is 0 Å². The highest BCUT2D eigenvalue weighted by Gasteiger charge is 2.56. The van der Waals surface area contributed by atoms with Crippen LogP contribution in [-0.2, 0) is 38.4 Å². The normalized spacial score (nSPS) is 16.4. The van der Waals surface area contributed by atoms with Gasteiger partial charge in [-0.3, -0.25) is 77.6 Å². The van der Waals surface area contributed by atoms with Gasteiger partial charge in [-0.1, -0.05) is 60.7 Å². The lowest BCUT2D eigenvalue weighted by Crippen LogP contribution is -2.46. The molecule has 552 valence electrons. The molecule has 0 bridgehead atoms. The summed E-state index contributed by atoms with van der Waals surface area (Å²) in [5.74, 6) is -19.3. The summed E-state index contributed by atoms with van der Waals surface area (Å²) in [4.78, 5) is 104. The van der Waals surface area contributed by atoms with E-state index in [-0.39, 0.29) is 110 Å². The number of hydrogen-bond donors (Lipinski definition) is 0. The Balaban J connectivity index is 1.06. The predicted molar refractivity (Wildman–Crippen MR) is 321 cm³/mol. The molecule has 8 amide bonds. The maximum atomic E-state index is 14.0. The van der Waals surface area contributed by atoms with Crippen LogP contribution in [0.25, 0.3) is 11.1 Å². The lowest BCUT2D eigenvalue weighted by Gasteiger charge is -2.33. The molecule has 1 unspecified atom stereocenters. The maximum Gasteiger partial charge on any atom is 0.471 e. The van der Waals surface area contributed by atoms with Crippen molar-refractivity contribution in [2.45, 2.75) is 88.7 Å². The molecule has 1 atom stereocenters. The fourth-order valence-electron chi connectivity index (χ4n) is 11.8. The van der Waals surface area contributed by atoms with Crippen LogP contribution < -0.4 is 9.80 Å². The smallest absolute Gasteiger partial charge is 0.310 e. The highest BCUT2D eigenvalue weighted by molar-refractivity contribution is 5.92. The zero-order chi connectivity index (χ0) is 77.5. The molecule has 0 aromatic heterocycles. The number of amides is 8. The predicted octanol–water partition coefficient (Wildman–Crippen LogP) is 15.4. The molecule has 4 heterocycles. The molecule has 105 heavy (non-hydrogen) atoms. The van der Waals surface area contributed by atoms with Crippen LogP contribution in [0.1, 0.15) is 65.0 Å². The van der Waals surface area contributed by atoms with E-state index in [9.17, 15) is 131 Å². The van der Waals surface area contributed by atoms with E-state index in [2.05, 4.69) is 0 Å². The molecule has 39 heteroatoms. The maximum absolute atomic E-state index is 14.0. The molecule has 0 saturated heterocycles. The fourth-order valence-corrected chi connectivity index (χ4v) is 11.8. The van der Waals surface area contributed by atoms with Crippen molar-refractivity contribution < 1.29 is 131 Å². The van der Waals surface area contributed by atoms with E-state index in [1.165, 1.54) is 83.5 Å². The van der Waals surface area contributed by atoms with Gasteiger partial charge in [-0.2, -0.15) is 92.2 Å². The fraction of sp³-hybridized carbons (Fsp3) is 0.212. The number of aryl methyl sites for hydroxylation is 2. The van der Waals surface area contributed by atoms with Gasteiger partial charge in [0.05, 0.1) is 0 Å². The third kappa shape index (κ3) is 14.9. The van der Waals surface area contributed by atoms with Crippen molar-refractivity contribution in [3.8, 4) is 11.1 Å². The summed E-state index contributed by atoms with van der Waals surface area (Å²) in [6.45, 7) is 3.53. The average molecular weight is 1500 g/mol. The second-order valence-electron chi connectivity index (χ2n) is 23.1. The van der Waals surface area contributed by atoms with Crippen LogP contribution in [0.5, 0.6) is 0 Å². The Morgan fingerprint density at radius 2 is 0.457 bits per heavy atom. The Morgan fingerprint density at radius 3 is 0.667 bits per heavy atom. The van der Waals surface area contributed by atoms with Crippen molar-refractivity contribution in [1.82, 2.24) is 39.2 Å². The first-order valence-electron chi connectivity index (χ1n) is 29.6. The van der Waals surface area contributed by atoms with Gasteiger partial charge in [0.1, 0.15) is 24.7 Å². The Bertz CT molecular complexity index is 4480. The number of nitrogens with zero attached hydrogens (tertiary/aromatic N) is 10. The molecule has 18 nitrogen and oxygen atoms in total. The van der Waals surface area contributed by atoms with Crippen molar-refractivity contribution in [1.29, 1.82) is 0 Å². The minimum Gasteiger partial charge on any atom is -0.310 e. The van der Waals surface area contributed by atoms with Gasteiger partial charge in [0.15, 0.2) is 0 Å². The van der Waals surface area contributed by atoms with E-state index < -0.39 is 132 Å². The van der Waals surface area contributed by atoms with E-state index in [0.717, 1.165) is 97.9 Å². The Kier molecular flexibility index (Phi) is 19.6. The second kappa shape index (κ2) is 27.1. The molecule has 6 aromatic rings. The lowest BCUT2D eigenvalue weighted by molar-refractivity contribution is -0.193. The molecule has 0 radical (unpaired) electrons. The van der Waals surface area contributed by atoms with Gasteiger partial charge in [-0.05, 0) is 131 Å². The standard InChI is InChI=1S/C66H43F21N10O8/c1-34-32-45(20-22-47(34)51-88(36(3)98)24-25-93(51)57(103)64(79,80)81)96(43-16-8-39(9-17-43)49-89(53(99)60(67,68)69)26-27-90(49)54(100)61(70,71)72)41-12-4-37(5-13-41)38-6-14-42(15-7-38)97(44-18-10-40(11-19-44)50-91(55(101)62(73,74)75)28-29-92(50)56(102)63(76,77)78)46-21-23-48(35(2)33-46)52-94(58(104)65(82,83)84)30-31-95(52)59(105)66(85,86)87/h4-33,49-52H,1-3H3. The summed E-state index contributed by atoms with van der Waals surface area (Å²) in [5, 5.41) is 0. The van der Waals surface area contributed by atoms with Gasteiger partial charge in [0.2, 0.25) is 5.91 Å². The van der Waals surface area contributed by atoms with Crippen molar-refractivity contribution >= 4 is 81.4 Å². The number of halogens is 21. The molecule has 10 rings (SSSR count). The van der Waals surface area contributed by atoms with E-state index in [1.807, 2.05) is 0 Å². The first-order valence-corrected chi connectivity index (χ1v) is 29.6. The van der Waals surface area contributed by atoms with Gasteiger partial charge in [-0.15, -0.1) is 0 Å². The van der Waals surface area contributed by atoms with Crippen molar-refractivity contribution in [3.63, 3.8) is 0 Å². The molecule has 0 aliphatic carbocycles. The summed E-state index contributed by atoms with van der Waals surface area (Å²) < 4.78 is 292. The summed E-state index contributed by atoms with van der Waals surface area (Å²) in [6.07, 6.45) is -45.2. The largest absolute Gasteiger partial charge is 0.471 e. The highest BCUT2D eigenvalue weighted by Crippen LogP contribution is 2.47. The second-order valence-corrected chi connectivity index (χ2v) is 23.1. The van der Waals surface area contributed by atoms with Crippen LogP contribution in [0.3, 0.4) is 0 Å². The molecule has 0 saturated carbocycles. The quantitative estimate of drug-likeness (QED) is 0.114. The number of carbonyl (C=O) groups excluding carboxylic acids is 8. The van der Waals surface area contributed by atoms with Crippen LogP contribution in [0.4, 0.5) is 126 Å². The van der Waals surface area contributed by atoms with Crippen molar-refractivity contribution in [2.24, 2.45) is 0 Å². The Labute approximate surface area is 575 Å². The third-order valence-electron chi connectivity index (χ3n) is 16.4. The summed E-state index contributed by atoms with van der Waals surface area (Å²) >= 11 is 0. The molecular weight excluding hydrogens is 1460 g/mol. The first kappa shape index (κ1) is 75.8. The molecular formula is C66H43F21N10O8. The molecule has 0 spiro atoms. The van der Waals surface area contributed by atoms with Gasteiger partial charge >= 0.3 is 84.6 Å². The monoisotopic (exact) mass is 1500 g/mol. The third-order valence-corrected chi connectivity index (χ3v) is 16.4. The summed E-state index contributed by atoms with van der Waals surface area (Å²) in [5.41, 5.74) is -0.937. The van der Waals surface area contributed by atoms with Gasteiger partial charge < -0.3 is 9.80 Å². The molecule has 6 aromatic carbocycles. The van der Waals surface area contributed by atoms with E-state index in [4.69, 9.17) is 0 Å². The van der Waals surface area contributed by atoms with Crippen LogP contribution in [-0.4, -0.2) is 130 Å². The number of alkyl halides is 21. The van der Waals surface area contributed by atoms with Crippen LogP contribution >= 0.6 is 0 Å². The Morgan fingerprint density at radius 1 is 0.267 bits per heavy atom. The zero-order valence-electron chi connectivity index (χ0n) is 52.8. The molecule has 4 aliphatic rings. The number of hydrogen-bond acceptors (Lipinski definition) is 10. The van der Waals surface area contributed by atoms with Crippen LogP contribution in [0.15, 0.2) is 183 Å². The topological polar surface area (TPSA) is 169 Å². The van der Waals surface area contributed by atoms with Gasteiger partial charge in [-0.25, -0.2) is 0 Å². The van der Waals surface area contributed by atoms with Crippen molar-refractivity contribution in [2.75, 3.05) is 9.80 Å². The highest BCUT2D eigenvalue weighted by atomic mass is 19.4. The van der Waals surface area contributed by atoms with Crippen molar-refractivity contribution in [3.05, 3.63) is 216 Å². The van der Waals surface area contributed by atoms with Crippen LogP contribution in [0.2, 0.25) is 0 Å². The molecule has 0 N–H and O–H groups in total. The summed E-state index contributed by atoms with van der Waals surface area (Å²) in [6, 6.07) is 26.7. The minimum atomic E-state index is -5.72. The summed E-state index contributed by atoms with van der Waals surface area (Å²) in [7, 11) is 0. The number of benzene rings is 6. The van der Waals surface area contributed by atoms with Gasteiger partial charge in [0, 0.05) is 90.6 Å². The van der Waals surface area contributed by atoms with Gasteiger partial charge in [0.25, 0.3) is 0 Å².